The largest absolute Gasteiger partial charge is 0.481 e. The molecule has 5 heteroatoms. The van der Waals surface area contributed by atoms with E-state index in [1.54, 1.807) is 13.8 Å². The highest BCUT2D eigenvalue weighted by Gasteiger charge is 2.24. The van der Waals surface area contributed by atoms with Gasteiger partial charge in [-0.1, -0.05) is 19.1 Å². The molecule has 0 aromatic heterocycles. The van der Waals surface area contributed by atoms with Gasteiger partial charge in [0.1, 0.15) is 5.75 Å². The van der Waals surface area contributed by atoms with Crippen molar-refractivity contribution in [2.24, 2.45) is 0 Å². The van der Waals surface area contributed by atoms with E-state index in [9.17, 15) is 9.59 Å². The molecule has 5 nitrogen and oxygen atoms in total. The lowest BCUT2D eigenvalue weighted by atomic mass is 10.0. The fraction of sp³-hybridized carbons (Fsp3) is 0.444. The minimum Gasteiger partial charge on any atom is -0.481 e. The Kier molecular flexibility index (Phi) is 6.37. The van der Waals surface area contributed by atoms with E-state index in [0.29, 0.717) is 12.2 Å². The average molecular weight is 319 g/mol. The molecule has 0 saturated heterocycles. The van der Waals surface area contributed by atoms with Gasteiger partial charge in [0.15, 0.2) is 6.10 Å². The maximum absolute atomic E-state index is 12.4. The van der Waals surface area contributed by atoms with Gasteiger partial charge in [-0.25, -0.2) is 4.79 Å². The second-order valence-electron chi connectivity index (χ2n) is 6.22. The number of benzene rings is 1. The molecule has 1 unspecified atom stereocenters. The van der Waals surface area contributed by atoms with Gasteiger partial charge in [0.25, 0.3) is 5.91 Å². The van der Waals surface area contributed by atoms with Crippen molar-refractivity contribution in [3.8, 4) is 5.75 Å². The molecule has 0 aliphatic heterocycles. The fourth-order valence-electron chi connectivity index (χ4n) is 2.21. The summed E-state index contributed by atoms with van der Waals surface area (Å²) in [7, 11) is 0. The van der Waals surface area contributed by atoms with Crippen LogP contribution >= 0.6 is 0 Å². The molecule has 23 heavy (non-hydrogen) atoms. The first-order chi connectivity index (χ1) is 10.6. The minimum absolute atomic E-state index is 0.272. The van der Waals surface area contributed by atoms with Crippen LogP contribution in [-0.4, -0.2) is 28.6 Å². The molecule has 0 fully saturated rings. The van der Waals surface area contributed by atoms with Gasteiger partial charge in [-0.05, 0) is 57.4 Å². The van der Waals surface area contributed by atoms with E-state index >= 15 is 0 Å². The smallest absolute Gasteiger partial charge is 0.328 e. The number of nitrogens with one attached hydrogen (secondary N) is 1. The molecule has 1 atom stereocenters. The summed E-state index contributed by atoms with van der Waals surface area (Å²) in [5.41, 5.74) is 1.37. The fourth-order valence-corrected chi connectivity index (χ4v) is 2.21. The van der Waals surface area contributed by atoms with Gasteiger partial charge < -0.3 is 15.2 Å². The van der Waals surface area contributed by atoms with Crippen LogP contribution in [0.15, 0.2) is 30.4 Å². The highest BCUT2D eigenvalue weighted by molar-refractivity contribution is 5.83. The van der Waals surface area contributed by atoms with Gasteiger partial charge >= 0.3 is 5.97 Å². The number of amides is 1. The van der Waals surface area contributed by atoms with Gasteiger partial charge in [-0.3, -0.25) is 4.79 Å². The van der Waals surface area contributed by atoms with E-state index in [1.165, 1.54) is 6.08 Å². The molecule has 2 N–H and O–H groups in total. The molecular formula is C18H25NO4. The third-order valence-corrected chi connectivity index (χ3v) is 3.22. The van der Waals surface area contributed by atoms with E-state index < -0.39 is 17.6 Å². The Labute approximate surface area is 137 Å². The number of rotatable bonds is 7. The third kappa shape index (κ3) is 6.55. The minimum atomic E-state index is -1.05. The number of hydrogen-bond acceptors (Lipinski definition) is 3. The van der Waals surface area contributed by atoms with Crippen molar-refractivity contribution >= 4 is 11.9 Å². The Morgan fingerprint density at radius 1 is 1.26 bits per heavy atom. The normalized spacial score (nSPS) is 12.9. The number of carbonyl (C=O) groups is 2. The van der Waals surface area contributed by atoms with Gasteiger partial charge in [0, 0.05) is 6.08 Å². The van der Waals surface area contributed by atoms with Crippen LogP contribution in [0.5, 0.6) is 5.75 Å². The predicted molar refractivity (Wildman–Crippen MR) is 89.6 cm³/mol. The SMILES string of the molecule is CCC(Oc1cc(C)cc(C)c1)C(=O)NC(C)(C)/C=C/C(=O)O. The Balaban J connectivity index is 2.80. The van der Waals surface area contributed by atoms with E-state index in [-0.39, 0.29) is 5.91 Å². The standard InChI is InChI=1S/C18H25NO4/c1-6-15(23-14-10-12(2)9-13(3)11-14)17(22)19-18(4,5)8-7-16(20)21/h7-11,15H,6H2,1-5H3,(H,19,22)(H,20,21)/b8-7+. The highest BCUT2D eigenvalue weighted by Crippen LogP contribution is 2.19. The molecule has 1 aromatic carbocycles. The number of carbonyl (C=O) groups excluding carboxylic acids is 1. The van der Waals surface area contributed by atoms with Crippen LogP contribution in [0.3, 0.4) is 0 Å². The molecule has 0 saturated carbocycles. The van der Waals surface area contributed by atoms with Gasteiger partial charge in [-0.15, -0.1) is 0 Å². The summed E-state index contributed by atoms with van der Waals surface area (Å²) in [6.07, 6.45) is 2.34. The number of aryl methyl sites for hydroxylation is 2. The van der Waals surface area contributed by atoms with E-state index in [4.69, 9.17) is 9.84 Å². The van der Waals surface area contributed by atoms with E-state index in [0.717, 1.165) is 17.2 Å². The first-order valence-corrected chi connectivity index (χ1v) is 7.62. The number of ether oxygens (including phenoxy) is 1. The number of aliphatic carboxylic acids is 1. The first kappa shape index (κ1) is 18.7. The summed E-state index contributed by atoms with van der Waals surface area (Å²) >= 11 is 0. The second kappa shape index (κ2) is 7.81. The van der Waals surface area contributed by atoms with Crippen molar-refractivity contribution in [2.45, 2.75) is 52.7 Å². The van der Waals surface area contributed by atoms with Crippen molar-refractivity contribution in [3.63, 3.8) is 0 Å². The summed E-state index contributed by atoms with van der Waals surface area (Å²) in [5.74, 6) is -0.666. The second-order valence-corrected chi connectivity index (χ2v) is 6.22. The van der Waals surface area contributed by atoms with Crippen LogP contribution in [-0.2, 0) is 9.59 Å². The third-order valence-electron chi connectivity index (χ3n) is 3.22. The maximum Gasteiger partial charge on any atom is 0.328 e. The predicted octanol–water partition coefficient (Wildman–Crippen LogP) is 3.00. The molecule has 1 rings (SSSR count). The molecular weight excluding hydrogens is 294 g/mol. The van der Waals surface area contributed by atoms with Crippen LogP contribution in [0.2, 0.25) is 0 Å². The van der Waals surface area contributed by atoms with Crippen LogP contribution in [0.1, 0.15) is 38.3 Å². The topological polar surface area (TPSA) is 75.6 Å². The maximum atomic E-state index is 12.4. The van der Waals surface area contributed by atoms with Crippen LogP contribution in [0.4, 0.5) is 0 Å². The van der Waals surface area contributed by atoms with Crippen molar-refractivity contribution < 1.29 is 19.4 Å². The van der Waals surface area contributed by atoms with Crippen LogP contribution < -0.4 is 10.1 Å². The Hall–Kier alpha value is -2.30. The zero-order valence-corrected chi connectivity index (χ0v) is 14.3. The van der Waals surface area contributed by atoms with Crippen LogP contribution in [0.25, 0.3) is 0 Å². The number of hydrogen-bond donors (Lipinski definition) is 2. The molecule has 0 spiro atoms. The molecule has 0 radical (unpaired) electrons. The lowest BCUT2D eigenvalue weighted by Crippen LogP contribution is -2.48. The Morgan fingerprint density at radius 2 is 1.83 bits per heavy atom. The zero-order chi connectivity index (χ0) is 17.6. The molecule has 0 aliphatic carbocycles. The lowest BCUT2D eigenvalue weighted by molar-refractivity contribution is -0.132. The first-order valence-electron chi connectivity index (χ1n) is 7.62. The summed E-state index contributed by atoms with van der Waals surface area (Å²) in [5, 5.41) is 11.5. The van der Waals surface area contributed by atoms with Gasteiger partial charge in [0.05, 0.1) is 5.54 Å². The monoisotopic (exact) mass is 319 g/mol. The lowest BCUT2D eigenvalue weighted by Gasteiger charge is -2.26. The molecule has 0 aliphatic rings. The molecule has 0 heterocycles. The summed E-state index contributed by atoms with van der Waals surface area (Å²) in [4.78, 5) is 23.0. The van der Waals surface area contributed by atoms with E-state index in [2.05, 4.69) is 5.32 Å². The molecule has 1 aromatic rings. The Morgan fingerprint density at radius 3 is 2.30 bits per heavy atom. The van der Waals surface area contributed by atoms with E-state index in [1.807, 2.05) is 39.0 Å². The Bertz CT molecular complexity index is 585. The zero-order valence-electron chi connectivity index (χ0n) is 14.3. The van der Waals surface area contributed by atoms with Crippen molar-refractivity contribution in [1.29, 1.82) is 0 Å². The number of carboxylic acid groups (broad SMARTS) is 1. The highest BCUT2D eigenvalue weighted by atomic mass is 16.5. The van der Waals surface area contributed by atoms with Crippen molar-refractivity contribution in [1.82, 2.24) is 5.32 Å². The molecule has 0 bridgehead atoms. The van der Waals surface area contributed by atoms with Gasteiger partial charge in [0.2, 0.25) is 0 Å². The quantitative estimate of drug-likeness (QED) is 0.758. The molecule has 1 amide bonds. The van der Waals surface area contributed by atoms with Crippen molar-refractivity contribution in [2.75, 3.05) is 0 Å². The summed E-state index contributed by atoms with van der Waals surface area (Å²) in [6.45, 7) is 9.27. The number of carboxylic acids is 1. The van der Waals surface area contributed by atoms with Gasteiger partial charge in [-0.2, -0.15) is 0 Å². The molecule has 126 valence electrons. The van der Waals surface area contributed by atoms with Crippen molar-refractivity contribution in [3.05, 3.63) is 41.5 Å². The average Bonchev–Trinajstić information content (AvgIpc) is 2.41. The summed E-state index contributed by atoms with van der Waals surface area (Å²) in [6, 6.07) is 5.81. The van der Waals surface area contributed by atoms with Crippen LogP contribution in [0, 0.1) is 13.8 Å². The summed E-state index contributed by atoms with van der Waals surface area (Å²) < 4.78 is 5.81.